The Hall–Kier alpha value is -2.42. The quantitative estimate of drug-likeness (QED) is 0.574. The van der Waals surface area contributed by atoms with Gasteiger partial charge in [-0.3, -0.25) is 4.79 Å². The molecule has 1 fully saturated rings. The second-order valence-electron chi connectivity index (χ2n) is 7.92. The highest BCUT2D eigenvalue weighted by molar-refractivity contribution is 6.01. The number of alkyl halides is 3. The average Bonchev–Trinajstić information content (AvgIpc) is 3.05. The Morgan fingerprint density at radius 2 is 1.86 bits per heavy atom. The topological polar surface area (TPSA) is 51.3 Å². The highest BCUT2D eigenvalue weighted by atomic mass is 19.4. The molecule has 0 bridgehead atoms. The zero-order chi connectivity index (χ0) is 21.1. The van der Waals surface area contributed by atoms with Gasteiger partial charge < -0.3 is 13.9 Å². The number of imidazole rings is 1. The standard InChI is InChI=1S/C20H21F4N3O2/c1-10(2)27-17-13(21)8-12-14(28)9-15(11-4-6-26(3)7-5-11)29-18(12)16(17)25-19(27)20(22,23)24/h8-11H,4-7H2,1-3H3. The summed E-state index contributed by atoms with van der Waals surface area (Å²) in [5.74, 6) is -1.74. The third kappa shape index (κ3) is 3.31. The van der Waals surface area contributed by atoms with E-state index in [0.29, 0.717) is 5.76 Å². The van der Waals surface area contributed by atoms with Crippen molar-refractivity contribution in [2.75, 3.05) is 20.1 Å². The maximum Gasteiger partial charge on any atom is 0.449 e. The summed E-state index contributed by atoms with van der Waals surface area (Å²) in [6.45, 7) is 4.69. The molecule has 9 heteroatoms. The molecule has 0 saturated carbocycles. The first-order chi connectivity index (χ1) is 13.6. The van der Waals surface area contributed by atoms with Crippen molar-refractivity contribution in [1.82, 2.24) is 14.5 Å². The van der Waals surface area contributed by atoms with E-state index in [2.05, 4.69) is 9.88 Å². The van der Waals surface area contributed by atoms with Crippen LogP contribution < -0.4 is 5.43 Å². The molecule has 2 aromatic heterocycles. The minimum absolute atomic E-state index is 0.0160. The van der Waals surface area contributed by atoms with E-state index < -0.39 is 29.3 Å². The van der Waals surface area contributed by atoms with E-state index in [4.69, 9.17) is 4.42 Å². The Balaban J connectivity index is 2.02. The van der Waals surface area contributed by atoms with Crippen molar-refractivity contribution in [3.05, 3.63) is 39.8 Å². The fourth-order valence-corrected chi connectivity index (χ4v) is 4.05. The third-order valence-electron chi connectivity index (χ3n) is 5.52. The van der Waals surface area contributed by atoms with Crippen LogP contribution in [0.4, 0.5) is 17.6 Å². The molecule has 1 saturated heterocycles. The van der Waals surface area contributed by atoms with Gasteiger partial charge in [0.1, 0.15) is 22.6 Å². The number of aromatic nitrogens is 2. The van der Waals surface area contributed by atoms with Crippen molar-refractivity contribution in [2.45, 2.75) is 44.8 Å². The lowest BCUT2D eigenvalue weighted by atomic mass is 9.94. The molecule has 0 N–H and O–H groups in total. The van der Waals surface area contributed by atoms with Gasteiger partial charge in [0.15, 0.2) is 11.0 Å². The fourth-order valence-electron chi connectivity index (χ4n) is 4.05. The molecule has 1 aromatic carbocycles. The Kier molecular flexibility index (Phi) is 4.68. The van der Waals surface area contributed by atoms with E-state index >= 15 is 0 Å². The first-order valence-corrected chi connectivity index (χ1v) is 9.52. The van der Waals surface area contributed by atoms with Crippen LogP contribution in [0.1, 0.15) is 50.2 Å². The summed E-state index contributed by atoms with van der Waals surface area (Å²) in [6, 6.07) is 1.59. The van der Waals surface area contributed by atoms with Crippen LogP contribution in [0.5, 0.6) is 0 Å². The summed E-state index contributed by atoms with van der Waals surface area (Å²) in [6.07, 6.45) is -3.24. The van der Waals surface area contributed by atoms with E-state index in [1.54, 1.807) is 0 Å². The van der Waals surface area contributed by atoms with Crippen LogP contribution in [0.2, 0.25) is 0 Å². The maximum absolute atomic E-state index is 14.8. The first-order valence-electron chi connectivity index (χ1n) is 9.52. The highest BCUT2D eigenvalue weighted by Crippen LogP contribution is 2.38. The lowest BCUT2D eigenvalue weighted by molar-refractivity contribution is -0.147. The molecule has 1 aliphatic rings. The summed E-state index contributed by atoms with van der Waals surface area (Å²) in [7, 11) is 2.00. The minimum Gasteiger partial charge on any atom is -0.458 e. The smallest absolute Gasteiger partial charge is 0.449 e. The van der Waals surface area contributed by atoms with Crippen molar-refractivity contribution >= 4 is 22.0 Å². The Labute approximate surface area is 163 Å². The Morgan fingerprint density at radius 3 is 2.45 bits per heavy atom. The lowest BCUT2D eigenvalue weighted by Crippen LogP contribution is -2.29. The molecule has 4 rings (SSSR count). The number of piperidine rings is 1. The number of fused-ring (bicyclic) bond motifs is 3. The number of likely N-dealkylation sites (tertiary alicyclic amines) is 1. The van der Waals surface area contributed by atoms with Crippen LogP contribution in [-0.2, 0) is 6.18 Å². The van der Waals surface area contributed by atoms with Crippen LogP contribution in [0, 0.1) is 5.82 Å². The number of rotatable bonds is 2. The van der Waals surface area contributed by atoms with Crippen molar-refractivity contribution in [1.29, 1.82) is 0 Å². The van der Waals surface area contributed by atoms with Gasteiger partial charge in [-0.25, -0.2) is 9.37 Å². The number of hydrogen-bond acceptors (Lipinski definition) is 4. The molecule has 0 unspecified atom stereocenters. The summed E-state index contributed by atoms with van der Waals surface area (Å²) < 4.78 is 62.2. The number of benzene rings is 1. The predicted molar refractivity (Wildman–Crippen MR) is 101 cm³/mol. The highest BCUT2D eigenvalue weighted by Gasteiger charge is 2.39. The van der Waals surface area contributed by atoms with Gasteiger partial charge in [-0.05, 0) is 52.9 Å². The SMILES string of the molecule is CC(C)n1c(C(F)(F)F)nc2c3oc(C4CCN(C)CC4)cc(=O)c3cc(F)c21. The molecule has 156 valence electrons. The largest absolute Gasteiger partial charge is 0.458 e. The zero-order valence-electron chi connectivity index (χ0n) is 16.3. The number of hydrogen-bond donors (Lipinski definition) is 0. The molecule has 0 radical (unpaired) electrons. The van der Waals surface area contributed by atoms with Gasteiger partial charge in [0.2, 0.25) is 5.82 Å². The van der Waals surface area contributed by atoms with Crippen LogP contribution in [0.3, 0.4) is 0 Å². The Bertz CT molecular complexity index is 1140. The molecule has 0 amide bonds. The van der Waals surface area contributed by atoms with E-state index in [0.717, 1.165) is 36.6 Å². The molecular formula is C20H21F4N3O2. The van der Waals surface area contributed by atoms with Crippen molar-refractivity contribution in [2.24, 2.45) is 0 Å². The van der Waals surface area contributed by atoms with Gasteiger partial charge in [-0.15, -0.1) is 0 Å². The second kappa shape index (κ2) is 6.83. The monoisotopic (exact) mass is 411 g/mol. The maximum atomic E-state index is 14.8. The van der Waals surface area contributed by atoms with E-state index in [1.165, 1.54) is 19.9 Å². The minimum atomic E-state index is -4.77. The van der Waals surface area contributed by atoms with Crippen molar-refractivity contribution in [3.8, 4) is 0 Å². The van der Waals surface area contributed by atoms with Gasteiger partial charge >= 0.3 is 6.18 Å². The van der Waals surface area contributed by atoms with Crippen molar-refractivity contribution in [3.63, 3.8) is 0 Å². The van der Waals surface area contributed by atoms with Crippen molar-refractivity contribution < 1.29 is 22.0 Å². The van der Waals surface area contributed by atoms with Gasteiger partial charge in [-0.1, -0.05) is 0 Å². The predicted octanol–water partition coefficient (Wildman–Crippen LogP) is 4.69. The molecule has 3 aromatic rings. The lowest BCUT2D eigenvalue weighted by Gasteiger charge is -2.28. The van der Waals surface area contributed by atoms with E-state index in [9.17, 15) is 22.4 Å². The molecule has 5 nitrogen and oxygen atoms in total. The normalized spacial score (nSPS) is 17.1. The van der Waals surface area contributed by atoms with Crippen LogP contribution >= 0.6 is 0 Å². The van der Waals surface area contributed by atoms with Crippen LogP contribution in [0.25, 0.3) is 22.0 Å². The van der Waals surface area contributed by atoms with Crippen LogP contribution in [0.15, 0.2) is 21.3 Å². The molecule has 0 aliphatic carbocycles. The molecule has 3 heterocycles. The summed E-state index contributed by atoms with van der Waals surface area (Å²) >= 11 is 0. The van der Waals surface area contributed by atoms with Crippen LogP contribution in [-0.4, -0.2) is 34.6 Å². The van der Waals surface area contributed by atoms with Gasteiger partial charge in [0.05, 0.1) is 5.39 Å². The summed E-state index contributed by atoms with van der Waals surface area (Å²) in [5.41, 5.74) is -1.14. The number of nitrogens with zero attached hydrogens (tertiary/aromatic N) is 3. The van der Waals surface area contributed by atoms with E-state index in [-0.39, 0.29) is 27.9 Å². The van der Waals surface area contributed by atoms with Gasteiger partial charge in [-0.2, -0.15) is 13.2 Å². The zero-order valence-corrected chi connectivity index (χ0v) is 16.3. The van der Waals surface area contributed by atoms with Gasteiger partial charge in [0, 0.05) is 18.0 Å². The summed E-state index contributed by atoms with van der Waals surface area (Å²) in [4.78, 5) is 18.5. The second-order valence-corrected chi connectivity index (χ2v) is 7.92. The average molecular weight is 411 g/mol. The molecular weight excluding hydrogens is 390 g/mol. The Morgan fingerprint density at radius 1 is 1.21 bits per heavy atom. The third-order valence-corrected chi connectivity index (χ3v) is 5.52. The summed E-state index contributed by atoms with van der Waals surface area (Å²) in [5, 5.41) is -0.103. The molecule has 1 aliphatic heterocycles. The number of halogens is 4. The molecule has 0 atom stereocenters. The van der Waals surface area contributed by atoms with E-state index in [1.807, 2.05) is 7.05 Å². The molecule has 29 heavy (non-hydrogen) atoms. The fraction of sp³-hybridized carbons (Fsp3) is 0.500. The first kappa shape index (κ1) is 19.9. The molecule has 0 spiro atoms. The van der Waals surface area contributed by atoms with Gasteiger partial charge in [0.25, 0.3) is 0 Å².